The molecule has 0 aromatic heterocycles. The summed E-state index contributed by atoms with van der Waals surface area (Å²) in [7, 11) is 0. The normalized spacial score (nSPS) is 14.7. The van der Waals surface area contributed by atoms with Crippen molar-refractivity contribution in [3.05, 3.63) is 100 Å². The third kappa shape index (κ3) is 8.24. The molecule has 1 unspecified atom stereocenters. The van der Waals surface area contributed by atoms with Gasteiger partial charge in [-0.3, -0.25) is 19.3 Å². The molecule has 0 saturated carbocycles. The molecule has 0 bridgehead atoms. The van der Waals surface area contributed by atoms with Crippen LogP contribution in [0, 0.1) is 0 Å². The third-order valence-corrected chi connectivity index (χ3v) is 8.12. The van der Waals surface area contributed by atoms with Crippen LogP contribution in [0.2, 0.25) is 0 Å². The molecule has 1 saturated heterocycles. The lowest BCUT2D eigenvalue weighted by Gasteiger charge is -2.30. The first-order chi connectivity index (χ1) is 20.7. The number of aliphatic carboxylic acids is 1. The lowest BCUT2D eigenvalue weighted by Crippen LogP contribution is -2.41. The van der Waals surface area contributed by atoms with Crippen LogP contribution in [0.15, 0.2) is 83.8 Å². The fraction of sp³-hybridized carbons (Fsp3) is 0.273. The molecule has 1 fully saturated rings. The van der Waals surface area contributed by atoms with Crippen LogP contribution >= 0.6 is 24.0 Å². The minimum absolute atomic E-state index is 0.0343. The molecule has 1 N–H and O–H groups in total. The summed E-state index contributed by atoms with van der Waals surface area (Å²) in [5.74, 6) is -1.02. The lowest BCUT2D eigenvalue weighted by molar-refractivity contribution is -0.141. The minimum atomic E-state index is -1.15. The maximum absolute atomic E-state index is 13.8. The third-order valence-electron chi connectivity index (χ3n) is 6.74. The molecule has 2 amide bonds. The molecular weight excluding hydrogens is 585 g/mol. The number of thioether (sulfide) groups is 1. The maximum Gasteiger partial charge on any atom is 0.323 e. The Morgan fingerprint density at radius 3 is 2.33 bits per heavy atom. The number of hydrogen-bond acceptors (Lipinski definition) is 7. The summed E-state index contributed by atoms with van der Waals surface area (Å²) in [6.45, 7) is 6.24. The Labute approximate surface area is 261 Å². The van der Waals surface area contributed by atoms with Crippen LogP contribution in [0.5, 0.6) is 11.5 Å². The van der Waals surface area contributed by atoms with E-state index < -0.39 is 24.5 Å². The van der Waals surface area contributed by atoms with E-state index in [-0.39, 0.29) is 16.3 Å². The van der Waals surface area contributed by atoms with Crippen molar-refractivity contribution in [2.45, 2.75) is 39.3 Å². The van der Waals surface area contributed by atoms with E-state index in [1.807, 2.05) is 81.4 Å². The zero-order valence-corrected chi connectivity index (χ0v) is 25.9. The van der Waals surface area contributed by atoms with E-state index >= 15 is 0 Å². The number of carbonyl (C=O) groups excluding carboxylic acids is 2. The van der Waals surface area contributed by atoms with Crippen molar-refractivity contribution < 1.29 is 29.0 Å². The summed E-state index contributed by atoms with van der Waals surface area (Å²) in [5.41, 5.74) is 2.43. The zero-order valence-electron chi connectivity index (χ0n) is 24.3. The average Bonchev–Trinajstić information content (AvgIpc) is 3.24. The Hall–Kier alpha value is -4.15. The number of carboxylic acid groups (broad SMARTS) is 1. The Morgan fingerprint density at radius 2 is 1.70 bits per heavy atom. The van der Waals surface area contributed by atoms with Gasteiger partial charge in [0.1, 0.15) is 10.9 Å². The number of thiocarbonyl (C=S) groups is 1. The van der Waals surface area contributed by atoms with E-state index in [1.54, 1.807) is 29.2 Å². The number of nitrogens with zero attached hydrogens (tertiary/aromatic N) is 2. The number of benzene rings is 3. The standard InChI is InChI=1S/C33H34N2O6S2/c1-4-34(22(2)3)32(39)30(25-13-9-6-10-14-25)41-27-19-24(20-28-31(38)35(21-29(36)37)33(42)43-28)15-16-26(27)40-18-17-23-11-7-5-8-12-23/h5-16,19-20,22,30H,4,17-18,21H2,1-3H3,(H,36,37)/b28-20-. The predicted molar refractivity (Wildman–Crippen MR) is 172 cm³/mol. The zero-order chi connectivity index (χ0) is 30.9. The van der Waals surface area contributed by atoms with Crippen LogP contribution in [0.3, 0.4) is 0 Å². The second-order valence-electron chi connectivity index (χ2n) is 10.1. The Balaban J connectivity index is 1.69. The molecule has 0 radical (unpaired) electrons. The quantitative estimate of drug-likeness (QED) is 0.185. The fourth-order valence-electron chi connectivity index (χ4n) is 4.61. The largest absolute Gasteiger partial charge is 0.489 e. The SMILES string of the molecule is CCN(C(=O)C(Oc1cc(/C=C2\SC(=S)N(CC(=O)O)C2=O)ccc1OCCc1ccccc1)c1ccccc1)C(C)C. The highest BCUT2D eigenvalue weighted by molar-refractivity contribution is 8.26. The molecule has 0 aliphatic carbocycles. The molecule has 1 atom stereocenters. The van der Waals surface area contributed by atoms with Crippen molar-refractivity contribution in [1.29, 1.82) is 0 Å². The Kier molecular flexibility index (Phi) is 11.0. The monoisotopic (exact) mass is 618 g/mol. The molecule has 0 spiro atoms. The molecule has 8 nitrogen and oxygen atoms in total. The van der Waals surface area contributed by atoms with E-state index in [1.165, 1.54) is 0 Å². The van der Waals surface area contributed by atoms with Gasteiger partial charge in [0.15, 0.2) is 11.5 Å². The van der Waals surface area contributed by atoms with Gasteiger partial charge in [0, 0.05) is 24.6 Å². The second kappa shape index (κ2) is 14.8. The summed E-state index contributed by atoms with van der Waals surface area (Å²) < 4.78 is 12.9. The molecule has 1 aliphatic heterocycles. The van der Waals surface area contributed by atoms with Crippen LogP contribution in [-0.4, -0.2) is 62.7 Å². The first kappa shape index (κ1) is 31.8. The van der Waals surface area contributed by atoms with Gasteiger partial charge in [0.2, 0.25) is 6.10 Å². The van der Waals surface area contributed by atoms with Crippen LogP contribution in [0.1, 0.15) is 43.6 Å². The summed E-state index contributed by atoms with van der Waals surface area (Å²) in [5, 5.41) is 9.17. The molecule has 1 aliphatic rings. The smallest absolute Gasteiger partial charge is 0.323 e. The highest BCUT2D eigenvalue weighted by Gasteiger charge is 2.34. The molecular formula is C33H34N2O6S2. The summed E-state index contributed by atoms with van der Waals surface area (Å²) in [6, 6.07) is 24.5. The van der Waals surface area contributed by atoms with Crippen molar-refractivity contribution in [3.63, 3.8) is 0 Å². The van der Waals surface area contributed by atoms with Crippen molar-refractivity contribution in [1.82, 2.24) is 9.80 Å². The number of ether oxygens (including phenoxy) is 2. The summed E-state index contributed by atoms with van der Waals surface area (Å²) >= 11 is 6.28. The van der Waals surface area contributed by atoms with Crippen molar-refractivity contribution in [2.75, 3.05) is 19.7 Å². The lowest BCUT2D eigenvalue weighted by atomic mass is 10.1. The first-order valence-electron chi connectivity index (χ1n) is 14.0. The first-order valence-corrected chi connectivity index (χ1v) is 15.2. The average molecular weight is 619 g/mol. The van der Waals surface area contributed by atoms with Crippen LogP contribution in [0.25, 0.3) is 6.08 Å². The van der Waals surface area contributed by atoms with Gasteiger partial charge in [-0.1, -0.05) is 90.7 Å². The molecule has 10 heteroatoms. The molecule has 3 aromatic rings. The fourth-order valence-corrected chi connectivity index (χ4v) is 5.87. The van der Waals surface area contributed by atoms with Crippen molar-refractivity contribution >= 4 is 52.2 Å². The second-order valence-corrected chi connectivity index (χ2v) is 11.8. The van der Waals surface area contributed by atoms with E-state index in [0.29, 0.717) is 47.1 Å². The number of likely N-dealkylation sites (N-methyl/N-ethyl adjacent to an activating group) is 1. The van der Waals surface area contributed by atoms with Gasteiger partial charge in [-0.2, -0.15) is 0 Å². The van der Waals surface area contributed by atoms with E-state index in [4.69, 9.17) is 26.8 Å². The summed E-state index contributed by atoms with van der Waals surface area (Å²) in [6.07, 6.45) is 1.36. The number of rotatable bonds is 13. The maximum atomic E-state index is 13.8. The van der Waals surface area contributed by atoms with Crippen LogP contribution in [-0.2, 0) is 20.8 Å². The highest BCUT2D eigenvalue weighted by Crippen LogP contribution is 2.37. The van der Waals surface area contributed by atoms with Gasteiger partial charge < -0.3 is 19.5 Å². The van der Waals surface area contributed by atoms with Gasteiger partial charge in [-0.05, 0) is 50.1 Å². The Bertz CT molecular complexity index is 1490. The molecule has 3 aromatic carbocycles. The van der Waals surface area contributed by atoms with Crippen molar-refractivity contribution in [2.24, 2.45) is 0 Å². The van der Waals surface area contributed by atoms with Gasteiger partial charge in [0.05, 0.1) is 11.5 Å². The molecule has 4 rings (SSSR count). The van der Waals surface area contributed by atoms with Gasteiger partial charge in [0.25, 0.3) is 11.8 Å². The highest BCUT2D eigenvalue weighted by atomic mass is 32.2. The van der Waals surface area contributed by atoms with Crippen molar-refractivity contribution in [3.8, 4) is 11.5 Å². The molecule has 43 heavy (non-hydrogen) atoms. The molecule has 224 valence electrons. The van der Waals surface area contributed by atoms with Gasteiger partial charge in [-0.25, -0.2) is 0 Å². The van der Waals surface area contributed by atoms with E-state index in [0.717, 1.165) is 22.2 Å². The number of carbonyl (C=O) groups is 3. The topological polar surface area (TPSA) is 96.4 Å². The number of carboxylic acids is 1. The summed E-state index contributed by atoms with van der Waals surface area (Å²) in [4.78, 5) is 41.0. The number of hydrogen-bond donors (Lipinski definition) is 1. The minimum Gasteiger partial charge on any atom is -0.489 e. The van der Waals surface area contributed by atoms with E-state index in [9.17, 15) is 14.4 Å². The van der Waals surface area contributed by atoms with E-state index in [2.05, 4.69) is 0 Å². The number of amides is 2. The molecule has 1 heterocycles. The van der Waals surface area contributed by atoms with Crippen LogP contribution in [0.4, 0.5) is 0 Å². The predicted octanol–water partition coefficient (Wildman–Crippen LogP) is 5.97. The van der Waals surface area contributed by atoms with Gasteiger partial charge >= 0.3 is 5.97 Å². The van der Waals surface area contributed by atoms with Gasteiger partial charge in [-0.15, -0.1) is 0 Å². The van der Waals surface area contributed by atoms with Crippen LogP contribution < -0.4 is 9.47 Å². The Morgan fingerprint density at radius 1 is 1.02 bits per heavy atom.